The first-order chi connectivity index (χ1) is 7.15. The molecule has 15 heavy (non-hydrogen) atoms. The maximum atomic E-state index is 8.71. The Morgan fingerprint density at radius 1 is 1.67 bits per heavy atom. The summed E-state index contributed by atoms with van der Waals surface area (Å²) in [4.78, 5) is 0. The first-order valence-electron chi connectivity index (χ1n) is 4.84. The van der Waals surface area contributed by atoms with Gasteiger partial charge in [0.15, 0.2) is 0 Å². The number of hydrogen-bond acceptors (Lipinski definition) is 3. The van der Waals surface area contributed by atoms with E-state index in [1.807, 2.05) is 6.07 Å². The van der Waals surface area contributed by atoms with Crippen LogP contribution in [0.25, 0.3) is 0 Å². The monoisotopic (exact) mass is 287 g/mol. The van der Waals surface area contributed by atoms with Gasteiger partial charge in [0.2, 0.25) is 0 Å². The van der Waals surface area contributed by atoms with E-state index >= 15 is 0 Å². The normalized spacial score (nSPS) is 10.6. The van der Waals surface area contributed by atoms with Crippen molar-refractivity contribution in [3.63, 3.8) is 0 Å². The van der Waals surface area contributed by atoms with Gasteiger partial charge in [0.1, 0.15) is 23.0 Å². The fourth-order valence-electron chi connectivity index (χ4n) is 1.01. The predicted molar refractivity (Wildman–Crippen MR) is 64.3 cm³/mol. The van der Waals surface area contributed by atoms with Crippen LogP contribution in [0.4, 0.5) is 0 Å². The molecular formula is C9H14BrN3OSi. The molecule has 0 N–H and O–H groups in total. The second kappa shape index (κ2) is 6.05. The maximum absolute atomic E-state index is 8.71. The van der Waals surface area contributed by atoms with Gasteiger partial charge in [-0.05, 0) is 22.0 Å². The summed E-state index contributed by atoms with van der Waals surface area (Å²) < 4.78 is 7.79. The van der Waals surface area contributed by atoms with Crippen molar-refractivity contribution in [3.05, 3.63) is 16.4 Å². The van der Waals surface area contributed by atoms with E-state index in [0.717, 1.165) is 6.61 Å². The molecule has 1 heterocycles. The van der Waals surface area contributed by atoms with E-state index < -0.39 is 8.80 Å². The summed E-state index contributed by atoms with van der Waals surface area (Å²) in [7, 11) is -0.528. The van der Waals surface area contributed by atoms with Gasteiger partial charge >= 0.3 is 0 Å². The van der Waals surface area contributed by atoms with Crippen LogP contribution in [-0.2, 0) is 11.5 Å². The topological polar surface area (TPSA) is 50.8 Å². The Kier molecular flexibility index (Phi) is 5.01. The van der Waals surface area contributed by atoms with E-state index in [1.165, 1.54) is 12.2 Å². The lowest BCUT2D eigenvalue weighted by molar-refractivity contribution is 0.0773. The lowest BCUT2D eigenvalue weighted by Gasteiger charge is -2.06. The minimum atomic E-state index is -0.528. The summed E-state index contributed by atoms with van der Waals surface area (Å²) in [6.07, 6.45) is 1.53. The van der Waals surface area contributed by atoms with Crippen molar-refractivity contribution in [1.82, 2.24) is 9.78 Å². The molecule has 1 aromatic heterocycles. The van der Waals surface area contributed by atoms with Gasteiger partial charge in [-0.2, -0.15) is 10.4 Å². The molecule has 0 radical (unpaired) electrons. The van der Waals surface area contributed by atoms with Gasteiger partial charge in [0.25, 0.3) is 0 Å². The van der Waals surface area contributed by atoms with Crippen LogP contribution in [0.3, 0.4) is 0 Å². The van der Waals surface area contributed by atoms with E-state index in [2.05, 4.69) is 34.1 Å². The summed E-state index contributed by atoms with van der Waals surface area (Å²) in [5.41, 5.74) is 0.539. The molecule has 0 aliphatic rings. The second-order valence-corrected chi connectivity index (χ2v) is 7.80. The summed E-state index contributed by atoms with van der Waals surface area (Å²) >= 11 is 3.30. The predicted octanol–water partition coefficient (Wildman–Crippen LogP) is 1.98. The quantitative estimate of drug-likeness (QED) is 0.615. The third-order valence-electron chi connectivity index (χ3n) is 1.95. The van der Waals surface area contributed by atoms with E-state index in [1.54, 1.807) is 4.68 Å². The Labute approximate surface area is 99.6 Å². The fraction of sp³-hybridized carbons (Fsp3) is 0.556. The van der Waals surface area contributed by atoms with Crippen LogP contribution in [0.5, 0.6) is 0 Å². The summed E-state index contributed by atoms with van der Waals surface area (Å²) in [5.74, 6) is 0. The van der Waals surface area contributed by atoms with Crippen LogP contribution in [0, 0.1) is 11.3 Å². The highest BCUT2D eigenvalue weighted by Crippen LogP contribution is 2.14. The van der Waals surface area contributed by atoms with E-state index in [4.69, 9.17) is 10.00 Å². The van der Waals surface area contributed by atoms with Crippen LogP contribution in [-0.4, -0.2) is 25.2 Å². The van der Waals surface area contributed by atoms with Crippen molar-refractivity contribution in [2.24, 2.45) is 0 Å². The molecule has 0 spiro atoms. The van der Waals surface area contributed by atoms with Crippen LogP contribution in [0.2, 0.25) is 19.1 Å². The van der Waals surface area contributed by atoms with Crippen LogP contribution in [0.15, 0.2) is 10.8 Å². The van der Waals surface area contributed by atoms with Crippen molar-refractivity contribution in [1.29, 1.82) is 5.26 Å². The Balaban J connectivity index is 2.38. The minimum Gasteiger partial charge on any atom is -0.360 e. The van der Waals surface area contributed by atoms with Gasteiger partial charge in [-0.1, -0.05) is 13.1 Å². The maximum Gasteiger partial charge on any atom is 0.140 e. The average Bonchev–Trinajstić information content (AvgIpc) is 2.54. The number of aromatic nitrogens is 2. The van der Waals surface area contributed by atoms with Gasteiger partial charge in [-0.15, -0.1) is 0 Å². The minimum absolute atomic E-state index is 0.406. The molecular weight excluding hydrogens is 274 g/mol. The molecule has 0 aliphatic carbocycles. The van der Waals surface area contributed by atoms with Crippen LogP contribution < -0.4 is 0 Å². The van der Waals surface area contributed by atoms with E-state index in [-0.39, 0.29) is 0 Å². The Bertz CT molecular complexity index is 359. The number of nitriles is 1. The van der Waals surface area contributed by atoms with Gasteiger partial charge in [-0.3, -0.25) is 0 Å². The molecule has 82 valence electrons. The van der Waals surface area contributed by atoms with Gasteiger partial charge < -0.3 is 4.74 Å². The average molecular weight is 288 g/mol. The molecule has 0 fully saturated rings. The molecule has 0 bridgehead atoms. The number of ether oxygens (including phenoxy) is 1. The zero-order chi connectivity index (χ0) is 11.3. The summed E-state index contributed by atoms with van der Waals surface area (Å²) in [6.45, 7) is 5.77. The highest BCUT2D eigenvalue weighted by molar-refractivity contribution is 9.10. The molecule has 0 atom stereocenters. The molecule has 1 rings (SSSR count). The van der Waals surface area contributed by atoms with E-state index in [0.29, 0.717) is 16.9 Å². The molecule has 0 aliphatic heterocycles. The summed E-state index contributed by atoms with van der Waals surface area (Å²) in [6, 6.07) is 3.22. The number of rotatable bonds is 5. The Hall–Kier alpha value is -0.643. The van der Waals surface area contributed by atoms with Crippen LogP contribution >= 0.6 is 15.9 Å². The van der Waals surface area contributed by atoms with Crippen molar-refractivity contribution in [3.8, 4) is 6.07 Å². The summed E-state index contributed by atoms with van der Waals surface area (Å²) in [5, 5.41) is 12.7. The molecule has 0 unspecified atom stereocenters. The number of nitrogens with zero attached hydrogens (tertiary/aromatic N) is 3. The molecule has 4 nitrogen and oxygen atoms in total. The van der Waals surface area contributed by atoms with E-state index in [9.17, 15) is 0 Å². The number of halogens is 1. The molecule has 1 aromatic rings. The van der Waals surface area contributed by atoms with Crippen molar-refractivity contribution in [2.45, 2.75) is 25.9 Å². The molecule has 0 saturated carbocycles. The second-order valence-electron chi connectivity index (χ2n) is 3.68. The van der Waals surface area contributed by atoms with Crippen LogP contribution in [0.1, 0.15) is 5.56 Å². The van der Waals surface area contributed by atoms with Gasteiger partial charge in [0.05, 0.1) is 6.20 Å². The molecule has 0 amide bonds. The molecule has 0 aromatic carbocycles. The lowest BCUT2D eigenvalue weighted by Crippen LogP contribution is -2.09. The first-order valence-corrected chi connectivity index (χ1v) is 8.76. The SMILES string of the molecule is C[SiH](C)CCOCn1ncc(C#N)c1Br. The molecule has 6 heteroatoms. The third kappa shape index (κ3) is 3.78. The van der Waals surface area contributed by atoms with Gasteiger partial charge in [0, 0.05) is 15.4 Å². The zero-order valence-electron chi connectivity index (χ0n) is 8.90. The zero-order valence-corrected chi connectivity index (χ0v) is 11.6. The Morgan fingerprint density at radius 2 is 2.40 bits per heavy atom. The van der Waals surface area contributed by atoms with Crippen molar-refractivity contribution < 1.29 is 4.74 Å². The highest BCUT2D eigenvalue weighted by Gasteiger charge is 2.06. The highest BCUT2D eigenvalue weighted by atomic mass is 79.9. The standard InChI is InChI=1S/C9H14BrN3OSi/c1-15(2)4-3-14-7-13-9(10)8(5-11)6-12-13/h6,15H,3-4,7H2,1-2H3. The Morgan fingerprint density at radius 3 is 2.93 bits per heavy atom. The largest absolute Gasteiger partial charge is 0.360 e. The van der Waals surface area contributed by atoms with Crippen molar-refractivity contribution >= 4 is 24.7 Å². The number of hydrogen-bond donors (Lipinski definition) is 0. The van der Waals surface area contributed by atoms with Crippen molar-refractivity contribution in [2.75, 3.05) is 6.61 Å². The third-order valence-corrected chi connectivity index (χ3v) is 4.18. The first kappa shape index (κ1) is 12.4. The van der Waals surface area contributed by atoms with Gasteiger partial charge in [-0.25, -0.2) is 4.68 Å². The lowest BCUT2D eigenvalue weighted by atomic mass is 10.4. The smallest absolute Gasteiger partial charge is 0.140 e. The fourth-order valence-corrected chi connectivity index (χ4v) is 2.03. The molecule has 0 saturated heterocycles.